The van der Waals surface area contributed by atoms with Gasteiger partial charge in [0.25, 0.3) is 0 Å². The lowest BCUT2D eigenvalue weighted by Crippen LogP contribution is -2.30. The van der Waals surface area contributed by atoms with Gasteiger partial charge in [0.05, 0.1) is 0 Å². The van der Waals surface area contributed by atoms with E-state index in [1.165, 1.54) is 4.68 Å². The number of aromatic nitrogens is 3. The minimum atomic E-state index is -0.272. The third-order valence-corrected chi connectivity index (χ3v) is 4.27. The summed E-state index contributed by atoms with van der Waals surface area (Å²) in [5.74, 6) is 0.508. The lowest BCUT2D eigenvalue weighted by molar-refractivity contribution is -0.117. The van der Waals surface area contributed by atoms with Crippen molar-refractivity contribution >= 4 is 23.2 Å². The molecule has 3 rings (SSSR count). The molecule has 6 nitrogen and oxygen atoms in total. The van der Waals surface area contributed by atoms with Crippen LogP contribution in [-0.2, 0) is 24.3 Å². The summed E-state index contributed by atoms with van der Waals surface area (Å²) in [5, 5.41) is 7.73. The zero-order chi connectivity index (χ0) is 16.4. The molecule has 7 heteroatoms. The molecule has 0 bridgehead atoms. The number of aryl methyl sites for hydroxylation is 2. The Labute approximate surface area is 139 Å². The molecule has 2 aromatic rings. The molecule has 1 aliphatic heterocycles. The molecule has 0 fully saturated rings. The molecular weight excluding hydrogens is 316 g/mol. The summed E-state index contributed by atoms with van der Waals surface area (Å²) in [6, 6.07) is 5.25. The van der Waals surface area contributed by atoms with Crippen molar-refractivity contribution < 1.29 is 4.79 Å². The van der Waals surface area contributed by atoms with Crippen molar-refractivity contribution in [1.29, 1.82) is 0 Å². The Morgan fingerprint density at radius 1 is 1.35 bits per heavy atom. The monoisotopic (exact) mass is 334 g/mol. The lowest BCUT2D eigenvalue weighted by Gasteiger charge is -2.08. The molecule has 0 spiro atoms. The largest absolute Gasteiger partial charge is 0.346 e. The standard InChI is InChI=1S/C16H19ClN4O2/c1-11-9-12(17)6-7-13(11)18-15(22)10-21-16(23)20-8-4-2-3-5-14(20)19-21/h6-7,9H,2-5,8,10H2,1H3,(H,18,22). The van der Waals surface area contributed by atoms with Crippen LogP contribution in [0.15, 0.2) is 23.0 Å². The molecule has 1 amide bonds. The summed E-state index contributed by atoms with van der Waals surface area (Å²) >= 11 is 5.90. The van der Waals surface area contributed by atoms with Crippen LogP contribution in [0.3, 0.4) is 0 Å². The highest BCUT2D eigenvalue weighted by atomic mass is 35.5. The molecule has 0 saturated carbocycles. The lowest BCUT2D eigenvalue weighted by atomic mass is 10.2. The Balaban J connectivity index is 1.74. The van der Waals surface area contributed by atoms with Crippen LogP contribution in [0, 0.1) is 6.92 Å². The van der Waals surface area contributed by atoms with Crippen molar-refractivity contribution in [2.45, 2.75) is 45.7 Å². The van der Waals surface area contributed by atoms with E-state index < -0.39 is 0 Å². The molecule has 2 heterocycles. The Kier molecular flexibility index (Phi) is 4.52. The number of rotatable bonds is 3. The van der Waals surface area contributed by atoms with Gasteiger partial charge in [-0.1, -0.05) is 18.0 Å². The van der Waals surface area contributed by atoms with Crippen molar-refractivity contribution in [2.75, 3.05) is 5.32 Å². The fraction of sp³-hybridized carbons (Fsp3) is 0.438. The Morgan fingerprint density at radius 3 is 2.96 bits per heavy atom. The van der Waals surface area contributed by atoms with Crippen LogP contribution in [0.5, 0.6) is 0 Å². The molecule has 1 aliphatic rings. The van der Waals surface area contributed by atoms with Crippen molar-refractivity contribution in [3.63, 3.8) is 0 Å². The molecule has 23 heavy (non-hydrogen) atoms. The summed E-state index contributed by atoms with van der Waals surface area (Å²) in [7, 11) is 0. The van der Waals surface area contributed by atoms with E-state index in [4.69, 9.17) is 11.6 Å². The molecule has 1 aromatic carbocycles. The summed E-state index contributed by atoms with van der Waals surface area (Å²) in [6.07, 6.45) is 3.92. The molecule has 1 aromatic heterocycles. The van der Waals surface area contributed by atoms with Gasteiger partial charge in [-0.3, -0.25) is 9.36 Å². The van der Waals surface area contributed by atoms with E-state index >= 15 is 0 Å². The Morgan fingerprint density at radius 2 is 2.17 bits per heavy atom. The highest BCUT2D eigenvalue weighted by molar-refractivity contribution is 6.30. The molecule has 0 radical (unpaired) electrons. The number of benzene rings is 1. The van der Waals surface area contributed by atoms with Crippen LogP contribution in [0.25, 0.3) is 0 Å². The number of hydrogen-bond acceptors (Lipinski definition) is 3. The SMILES string of the molecule is Cc1cc(Cl)ccc1NC(=O)Cn1nc2n(c1=O)CCCCC2. The number of nitrogens with one attached hydrogen (secondary N) is 1. The van der Waals surface area contributed by atoms with E-state index in [1.807, 2.05) is 6.92 Å². The Bertz CT molecular complexity index is 794. The predicted octanol–water partition coefficient (Wildman–Crippen LogP) is 2.37. The van der Waals surface area contributed by atoms with Crippen LogP contribution >= 0.6 is 11.6 Å². The quantitative estimate of drug-likeness (QED) is 0.937. The van der Waals surface area contributed by atoms with Crippen molar-refractivity contribution in [1.82, 2.24) is 14.3 Å². The predicted molar refractivity (Wildman–Crippen MR) is 88.9 cm³/mol. The van der Waals surface area contributed by atoms with E-state index in [1.54, 1.807) is 22.8 Å². The smallest absolute Gasteiger partial charge is 0.324 e. The number of hydrogen-bond donors (Lipinski definition) is 1. The Hall–Kier alpha value is -2.08. The van der Waals surface area contributed by atoms with E-state index in [0.717, 1.165) is 37.1 Å². The third-order valence-electron chi connectivity index (χ3n) is 4.04. The highest BCUT2D eigenvalue weighted by Gasteiger charge is 2.17. The van der Waals surface area contributed by atoms with Crippen LogP contribution in [0.4, 0.5) is 5.69 Å². The van der Waals surface area contributed by atoms with Gasteiger partial charge >= 0.3 is 5.69 Å². The van der Waals surface area contributed by atoms with Gasteiger partial charge in [-0.15, -0.1) is 0 Å². The number of carbonyl (C=O) groups is 1. The van der Waals surface area contributed by atoms with Gasteiger partial charge in [0.15, 0.2) is 0 Å². The van der Waals surface area contributed by atoms with Crippen molar-refractivity contribution in [3.8, 4) is 0 Å². The van der Waals surface area contributed by atoms with Gasteiger partial charge in [-0.2, -0.15) is 5.10 Å². The number of carbonyl (C=O) groups excluding carboxylic acids is 1. The maximum atomic E-state index is 12.3. The maximum absolute atomic E-state index is 12.3. The minimum Gasteiger partial charge on any atom is -0.324 e. The molecule has 0 saturated heterocycles. The number of fused-ring (bicyclic) bond motifs is 1. The zero-order valence-corrected chi connectivity index (χ0v) is 13.8. The van der Waals surface area contributed by atoms with Crippen LogP contribution in [0.2, 0.25) is 5.02 Å². The van der Waals surface area contributed by atoms with Crippen LogP contribution in [-0.4, -0.2) is 20.3 Å². The summed E-state index contributed by atoms with van der Waals surface area (Å²) in [6.45, 7) is 2.47. The van der Waals surface area contributed by atoms with E-state index in [2.05, 4.69) is 10.4 Å². The number of anilines is 1. The van der Waals surface area contributed by atoms with E-state index in [0.29, 0.717) is 17.3 Å². The van der Waals surface area contributed by atoms with Crippen LogP contribution in [0.1, 0.15) is 30.7 Å². The second-order valence-corrected chi connectivity index (χ2v) is 6.26. The molecule has 0 unspecified atom stereocenters. The summed E-state index contributed by atoms with van der Waals surface area (Å²) < 4.78 is 2.94. The van der Waals surface area contributed by atoms with Gasteiger partial charge in [-0.25, -0.2) is 9.48 Å². The van der Waals surface area contributed by atoms with E-state index in [9.17, 15) is 9.59 Å². The zero-order valence-electron chi connectivity index (χ0n) is 13.0. The first-order valence-corrected chi connectivity index (χ1v) is 8.15. The first kappa shape index (κ1) is 15.8. The second-order valence-electron chi connectivity index (χ2n) is 5.83. The average molecular weight is 335 g/mol. The summed E-state index contributed by atoms with van der Waals surface area (Å²) in [5.41, 5.74) is 1.36. The second kappa shape index (κ2) is 6.58. The molecular formula is C16H19ClN4O2. The van der Waals surface area contributed by atoms with Gasteiger partial charge in [0, 0.05) is 23.7 Å². The fourth-order valence-electron chi connectivity index (χ4n) is 2.82. The van der Waals surface area contributed by atoms with Gasteiger partial charge in [-0.05, 0) is 43.5 Å². The minimum absolute atomic E-state index is 0.0824. The number of amides is 1. The topological polar surface area (TPSA) is 68.9 Å². The van der Waals surface area contributed by atoms with Crippen LogP contribution < -0.4 is 11.0 Å². The van der Waals surface area contributed by atoms with Gasteiger partial charge in [0.1, 0.15) is 12.4 Å². The van der Waals surface area contributed by atoms with E-state index in [-0.39, 0.29) is 18.1 Å². The first-order chi connectivity index (χ1) is 11.0. The average Bonchev–Trinajstić information content (AvgIpc) is 2.68. The number of halogens is 1. The molecule has 1 N–H and O–H groups in total. The molecule has 0 atom stereocenters. The van der Waals surface area contributed by atoms with Gasteiger partial charge < -0.3 is 5.32 Å². The first-order valence-electron chi connectivity index (χ1n) is 7.77. The number of nitrogens with zero attached hydrogens (tertiary/aromatic N) is 3. The van der Waals surface area contributed by atoms with Crippen molar-refractivity contribution in [3.05, 3.63) is 45.1 Å². The summed E-state index contributed by atoms with van der Waals surface area (Å²) in [4.78, 5) is 24.5. The fourth-order valence-corrected chi connectivity index (χ4v) is 3.05. The van der Waals surface area contributed by atoms with Crippen molar-refractivity contribution in [2.24, 2.45) is 0 Å². The highest BCUT2D eigenvalue weighted by Crippen LogP contribution is 2.19. The normalized spacial score (nSPS) is 14.2. The van der Waals surface area contributed by atoms with Gasteiger partial charge in [0.2, 0.25) is 5.91 Å². The third kappa shape index (κ3) is 3.47. The molecule has 122 valence electrons. The molecule has 0 aliphatic carbocycles. The maximum Gasteiger partial charge on any atom is 0.346 e.